The molecule has 1 aromatic rings. The second-order valence-corrected chi connectivity index (χ2v) is 4.73. The van der Waals surface area contributed by atoms with Gasteiger partial charge in [0.25, 0.3) is 0 Å². The van der Waals surface area contributed by atoms with Gasteiger partial charge in [-0.25, -0.2) is 8.78 Å². The second-order valence-electron chi connectivity index (χ2n) is 4.73. The Bertz CT molecular complexity index is 476. The van der Waals surface area contributed by atoms with Crippen LogP contribution in [0.5, 0.6) is 5.75 Å². The van der Waals surface area contributed by atoms with Crippen LogP contribution >= 0.6 is 0 Å². The number of hydrogen-bond acceptors (Lipinski definition) is 3. The molecule has 1 fully saturated rings. The minimum Gasteiger partial charge on any atom is -0.484 e. The van der Waals surface area contributed by atoms with Gasteiger partial charge in [0, 0.05) is 0 Å². The third kappa shape index (κ3) is 2.85. The van der Waals surface area contributed by atoms with Crippen molar-refractivity contribution in [3.63, 3.8) is 0 Å². The molecule has 0 aliphatic heterocycles. The van der Waals surface area contributed by atoms with E-state index in [2.05, 4.69) is 11.4 Å². The smallest absolute Gasteiger partial charge is 0.190 e. The Morgan fingerprint density at radius 3 is 2.53 bits per heavy atom. The predicted octanol–water partition coefficient (Wildman–Crippen LogP) is 2.63. The molecule has 0 spiro atoms. The van der Waals surface area contributed by atoms with Gasteiger partial charge in [-0.15, -0.1) is 0 Å². The maximum absolute atomic E-state index is 13.5. The summed E-state index contributed by atoms with van der Waals surface area (Å²) in [5.74, 6) is -1.73. The second kappa shape index (κ2) is 5.54. The van der Waals surface area contributed by atoms with Gasteiger partial charge in [-0.1, -0.05) is 13.0 Å². The zero-order chi connectivity index (χ0) is 13.9. The topological polar surface area (TPSA) is 45.0 Å². The van der Waals surface area contributed by atoms with Gasteiger partial charge >= 0.3 is 0 Å². The van der Waals surface area contributed by atoms with Gasteiger partial charge in [0.2, 0.25) is 0 Å². The lowest BCUT2D eigenvalue weighted by atomic mass is 9.96. The SMILES string of the molecule is CCNC(C#N)(COc1c(F)cccc1F)C1CC1. The fraction of sp³-hybridized carbons (Fsp3) is 0.500. The number of halogens is 2. The van der Waals surface area contributed by atoms with Crippen LogP contribution < -0.4 is 10.1 Å². The van der Waals surface area contributed by atoms with Gasteiger partial charge in [-0.3, -0.25) is 5.32 Å². The van der Waals surface area contributed by atoms with Gasteiger partial charge in [-0.05, 0) is 37.4 Å². The molecule has 3 nitrogen and oxygen atoms in total. The molecule has 0 bridgehead atoms. The van der Waals surface area contributed by atoms with Gasteiger partial charge in [0.1, 0.15) is 12.1 Å². The molecule has 5 heteroatoms. The summed E-state index contributed by atoms with van der Waals surface area (Å²) in [6.07, 6.45) is 1.87. The van der Waals surface area contributed by atoms with E-state index >= 15 is 0 Å². The van der Waals surface area contributed by atoms with E-state index < -0.39 is 22.9 Å². The molecular weight excluding hydrogens is 250 g/mol. The van der Waals surface area contributed by atoms with Crippen LogP contribution in [0.3, 0.4) is 0 Å². The molecule has 102 valence electrons. The average molecular weight is 266 g/mol. The number of hydrogen-bond donors (Lipinski definition) is 1. The highest BCUT2D eigenvalue weighted by Crippen LogP contribution is 2.40. The average Bonchev–Trinajstić information content (AvgIpc) is 3.21. The fourth-order valence-corrected chi connectivity index (χ4v) is 2.17. The van der Waals surface area contributed by atoms with Gasteiger partial charge in [0.15, 0.2) is 17.4 Å². The first-order valence-corrected chi connectivity index (χ1v) is 6.36. The fourth-order valence-electron chi connectivity index (χ4n) is 2.17. The van der Waals surface area contributed by atoms with Crippen molar-refractivity contribution in [1.82, 2.24) is 5.32 Å². The molecule has 0 aromatic heterocycles. The maximum atomic E-state index is 13.5. The molecule has 1 aromatic carbocycles. The van der Waals surface area contributed by atoms with Crippen molar-refractivity contribution in [3.8, 4) is 11.8 Å². The number of rotatable bonds is 6. The van der Waals surface area contributed by atoms with Crippen molar-refractivity contribution in [2.75, 3.05) is 13.2 Å². The Labute approximate surface area is 111 Å². The molecule has 1 atom stereocenters. The zero-order valence-corrected chi connectivity index (χ0v) is 10.7. The highest BCUT2D eigenvalue weighted by atomic mass is 19.1. The predicted molar refractivity (Wildman–Crippen MR) is 66.6 cm³/mol. The van der Waals surface area contributed by atoms with Gasteiger partial charge < -0.3 is 4.74 Å². The molecule has 1 aliphatic rings. The first-order chi connectivity index (χ1) is 9.13. The van der Waals surface area contributed by atoms with Crippen LogP contribution in [0.25, 0.3) is 0 Å². The first kappa shape index (κ1) is 13.8. The summed E-state index contributed by atoms with van der Waals surface area (Å²) in [6.45, 7) is 2.44. The Kier molecular flexibility index (Phi) is 4.01. The van der Waals surface area contributed by atoms with Crippen molar-refractivity contribution in [2.45, 2.75) is 25.3 Å². The first-order valence-electron chi connectivity index (χ1n) is 6.36. The van der Waals surface area contributed by atoms with E-state index in [1.165, 1.54) is 6.07 Å². The molecule has 19 heavy (non-hydrogen) atoms. The number of benzene rings is 1. The number of ether oxygens (including phenoxy) is 1. The largest absolute Gasteiger partial charge is 0.484 e. The van der Waals surface area contributed by atoms with E-state index in [-0.39, 0.29) is 12.5 Å². The quantitative estimate of drug-likeness (QED) is 0.861. The van der Waals surface area contributed by atoms with Crippen LogP contribution in [0.1, 0.15) is 19.8 Å². The molecule has 0 amide bonds. The summed E-state index contributed by atoms with van der Waals surface area (Å²) < 4.78 is 32.2. The van der Waals surface area contributed by atoms with Crippen molar-refractivity contribution < 1.29 is 13.5 Å². The third-order valence-electron chi connectivity index (χ3n) is 3.33. The minimum absolute atomic E-state index is 0.0557. The van der Waals surface area contributed by atoms with E-state index in [0.29, 0.717) is 6.54 Å². The summed E-state index contributed by atoms with van der Waals surface area (Å²) in [5, 5.41) is 12.4. The molecule has 2 rings (SSSR count). The van der Waals surface area contributed by atoms with E-state index in [0.717, 1.165) is 25.0 Å². The van der Waals surface area contributed by atoms with Gasteiger partial charge in [0.05, 0.1) is 6.07 Å². The minimum atomic E-state index is -0.858. The summed E-state index contributed by atoms with van der Waals surface area (Å²) >= 11 is 0. The summed E-state index contributed by atoms with van der Waals surface area (Å²) in [7, 11) is 0. The normalized spacial score (nSPS) is 17.6. The van der Waals surface area contributed by atoms with E-state index in [1.807, 2.05) is 6.92 Å². The van der Waals surface area contributed by atoms with Crippen LogP contribution in [0, 0.1) is 28.9 Å². The Morgan fingerprint density at radius 2 is 2.05 bits per heavy atom. The highest BCUT2D eigenvalue weighted by Gasteiger charge is 2.46. The molecule has 1 saturated carbocycles. The van der Waals surface area contributed by atoms with E-state index in [4.69, 9.17) is 4.74 Å². The number of nitrogens with one attached hydrogen (secondary N) is 1. The summed E-state index contributed by atoms with van der Waals surface area (Å²) in [6, 6.07) is 5.76. The van der Waals surface area contributed by atoms with Crippen molar-refractivity contribution >= 4 is 0 Å². The lowest BCUT2D eigenvalue weighted by Gasteiger charge is -2.27. The lowest BCUT2D eigenvalue weighted by Crippen LogP contribution is -2.51. The monoisotopic (exact) mass is 266 g/mol. The van der Waals surface area contributed by atoms with Crippen LogP contribution in [0.2, 0.25) is 0 Å². The Hall–Kier alpha value is -1.67. The van der Waals surface area contributed by atoms with Crippen molar-refractivity contribution in [1.29, 1.82) is 5.26 Å². The summed E-state index contributed by atoms with van der Waals surface area (Å²) in [5.41, 5.74) is -0.858. The number of nitriles is 1. The third-order valence-corrected chi connectivity index (χ3v) is 3.33. The molecular formula is C14H16F2N2O. The zero-order valence-electron chi connectivity index (χ0n) is 10.7. The van der Waals surface area contributed by atoms with Crippen LogP contribution in [0.4, 0.5) is 8.78 Å². The van der Waals surface area contributed by atoms with Crippen LogP contribution in [-0.4, -0.2) is 18.7 Å². The molecule has 1 N–H and O–H groups in total. The van der Waals surface area contributed by atoms with Gasteiger partial charge in [-0.2, -0.15) is 5.26 Å². The number of nitrogens with zero attached hydrogens (tertiary/aromatic N) is 1. The number of likely N-dealkylation sites (N-methyl/N-ethyl adjacent to an activating group) is 1. The van der Waals surface area contributed by atoms with Crippen LogP contribution in [-0.2, 0) is 0 Å². The molecule has 0 heterocycles. The van der Waals surface area contributed by atoms with E-state index in [1.54, 1.807) is 0 Å². The molecule has 0 saturated heterocycles. The lowest BCUT2D eigenvalue weighted by molar-refractivity contribution is 0.191. The maximum Gasteiger partial charge on any atom is 0.190 e. The van der Waals surface area contributed by atoms with Crippen LogP contribution in [0.15, 0.2) is 18.2 Å². The molecule has 1 unspecified atom stereocenters. The van der Waals surface area contributed by atoms with Crippen molar-refractivity contribution in [3.05, 3.63) is 29.8 Å². The van der Waals surface area contributed by atoms with Crippen molar-refractivity contribution in [2.24, 2.45) is 5.92 Å². The highest BCUT2D eigenvalue weighted by molar-refractivity contribution is 5.27. The number of para-hydroxylation sites is 1. The van der Waals surface area contributed by atoms with E-state index in [9.17, 15) is 14.0 Å². The Morgan fingerprint density at radius 1 is 1.42 bits per heavy atom. The standard InChI is InChI=1S/C14H16F2N2O/c1-2-18-14(8-17,10-6-7-10)9-19-13-11(15)4-3-5-12(13)16/h3-5,10,18H,2,6-7,9H2,1H3. The molecule has 0 radical (unpaired) electrons. The Balaban J connectivity index is 2.13. The molecule has 1 aliphatic carbocycles. The summed E-state index contributed by atoms with van der Waals surface area (Å²) in [4.78, 5) is 0.